The molecule has 0 aliphatic rings. The lowest BCUT2D eigenvalue weighted by Crippen LogP contribution is -2.27. The molecule has 0 radical (unpaired) electrons. The Morgan fingerprint density at radius 3 is 2.67 bits per heavy atom. The first-order chi connectivity index (χ1) is 11.6. The van der Waals surface area contributed by atoms with Crippen LogP contribution in [0.3, 0.4) is 0 Å². The van der Waals surface area contributed by atoms with E-state index in [9.17, 15) is 4.79 Å². The van der Waals surface area contributed by atoms with Crippen LogP contribution in [-0.4, -0.2) is 37.0 Å². The molecule has 0 atom stereocenters. The molecule has 0 fully saturated rings. The van der Waals surface area contributed by atoms with Gasteiger partial charge in [-0.2, -0.15) is 5.26 Å². The van der Waals surface area contributed by atoms with Crippen LogP contribution < -0.4 is 10.6 Å². The van der Waals surface area contributed by atoms with Crippen molar-refractivity contribution in [2.45, 2.75) is 26.8 Å². The van der Waals surface area contributed by atoms with E-state index in [1.54, 1.807) is 6.07 Å². The Morgan fingerprint density at radius 2 is 2.04 bits per heavy atom. The van der Waals surface area contributed by atoms with E-state index in [0.717, 1.165) is 38.2 Å². The number of benzene rings is 1. The molecule has 24 heavy (non-hydrogen) atoms. The van der Waals surface area contributed by atoms with Gasteiger partial charge in [0.05, 0.1) is 0 Å². The van der Waals surface area contributed by atoms with Crippen molar-refractivity contribution in [2.24, 2.45) is 0 Å². The lowest BCUT2D eigenvalue weighted by molar-refractivity contribution is -0.117. The second-order valence-corrected chi connectivity index (χ2v) is 5.69. The summed E-state index contributed by atoms with van der Waals surface area (Å²) < 4.78 is 0. The number of carbonyl (C=O) groups is 1. The third-order valence-electron chi connectivity index (χ3n) is 3.70. The molecule has 0 saturated heterocycles. The third kappa shape index (κ3) is 7.03. The number of carbonyl (C=O) groups excluding carboxylic acids is 1. The van der Waals surface area contributed by atoms with Crippen molar-refractivity contribution in [1.29, 1.82) is 5.26 Å². The van der Waals surface area contributed by atoms with Crippen LogP contribution in [0, 0.1) is 11.3 Å². The van der Waals surface area contributed by atoms with Crippen molar-refractivity contribution in [3.8, 4) is 6.07 Å². The lowest BCUT2D eigenvalue weighted by atomic mass is 10.2. The zero-order chi connectivity index (χ0) is 17.8. The monoisotopic (exact) mass is 348 g/mol. The molecule has 130 valence electrons. The van der Waals surface area contributed by atoms with Crippen LogP contribution in [0.4, 0.5) is 0 Å². The Hall–Kier alpha value is -2.03. The van der Waals surface area contributed by atoms with E-state index in [-0.39, 0.29) is 5.57 Å². The van der Waals surface area contributed by atoms with Gasteiger partial charge in [-0.05, 0) is 37.7 Å². The average Bonchev–Trinajstić information content (AvgIpc) is 2.60. The Bertz CT molecular complexity index is 591. The molecule has 0 saturated carbocycles. The normalized spacial score (nSPS) is 11.2. The second kappa shape index (κ2) is 11.5. The zero-order valence-corrected chi connectivity index (χ0v) is 15.1. The summed E-state index contributed by atoms with van der Waals surface area (Å²) in [5.74, 6) is -0.409. The quantitative estimate of drug-likeness (QED) is 0.387. The van der Waals surface area contributed by atoms with Crippen LogP contribution in [0.1, 0.15) is 25.8 Å². The maximum atomic E-state index is 12.0. The van der Waals surface area contributed by atoms with Crippen LogP contribution in [-0.2, 0) is 11.3 Å². The number of nitriles is 1. The predicted octanol–water partition coefficient (Wildman–Crippen LogP) is 2.69. The molecule has 6 heteroatoms. The summed E-state index contributed by atoms with van der Waals surface area (Å²) in [7, 11) is 0. The molecule has 0 aliphatic heterocycles. The first-order valence-electron chi connectivity index (χ1n) is 8.19. The molecule has 0 unspecified atom stereocenters. The van der Waals surface area contributed by atoms with Crippen LogP contribution in [0.5, 0.6) is 0 Å². The summed E-state index contributed by atoms with van der Waals surface area (Å²) >= 11 is 6.04. The minimum Gasteiger partial charge on any atom is -0.390 e. The van der Waals surface area contributed by atoms with Gasteiger partial charge in [0, 0.05) is 24.3 Å². The number of rotatable bonds is 10. The first-order valence-corrected chi connectivity index (χ1v) is 8.57. The van der Waals surface area contributed by atoms with Crippen molar-refractivity contribution < 1.29 is 4.79 Å². The van der Waals surface area contributed by atoms with E-state index < -0.39 is 5.91 Å². The average molecular weight is 349 g/mol. The van der Waals surface area contributed by atoms with Crippen LogP contribution in [0.15, 0.2) is 36.0 Å². The highest BCUT2D eigenvalue weighted by Crippen LogP contribution is 2.14. The second-order valence-electron chi connectivity index (χ2n) is 5.28. The molecule has 0 aliphatic carbocycles. The summed E-state index contributed by atoms with van der Waals surface area (Å²) in [5, 5.41) is 15.4. The first kappa shape index (κ1) is 20.0. The molecule has 0 aromatic heterocycles. The van der Waals surface area contributed by atoms with E-state index >= 15 is 0 Å². The van der Waals surface area contributed by atoms with E-state index in [4.69, 9.17) is 16.9 Å². The Kier molecular flexibility index (Phi) is 9.59. The fraction of sp³-hybridized carbons (Fsp3) is 0.444. The maximum absolute atomic E-state index is 12.0. The summed E-state index contributed by atoms with van der Waals surface area (Å²) in [6.45, 7) is 8.33. The number of halogens is 1. The summed E-state index contributed by atoms with van der Waals surface area (Å²) in [6, 6.07) is 9.20. The van der Waals surface area contributed by atoms with Crippen molar-refractivity contribution in [3.63, 3.8) is 0 Å². The van der Waals surface area contributed by atoms with Crippen molar-refractivity contribution in [2.75, 3.05) is 26.2 Å². The molecule has 0 bridgehead atoms. The molecule has 0 heterocycles. The minimum absolute atomic E-state index is 0.0601. The maximum Gasteiger partial charge on any atom is 0.263 e. The Morgan fingerprint density at radius 1 is 1.33 bits per heavy atom. The standard InChI is InChI=1S/C18H25ClN4O/c1-3-23(4-2)11-7-10-21-13-16(12-20)18(24)22-14-15-8-5-6-9-17(15)19/h5-6,8-9,13,21H,3-4,7,10-11,14H2,1-2H3,(H,22,24)/b16-13-. The molecular formula is C18H25ClN4O. The highest BCUT2D eigenvalue weighted by molar-refractivity contribution is 6.31. The number of amides is 1. The fourth-order valence-corrected chi connectivity index (χ4v) is 2.38. The van der Waals surface area contributed by atoms with Crippen LogP contribution >= 0.6 is 11.6 Å². The third-order valence-corrected chi connectivity index (χ3v) is 4.07. The van der Waals surface area contributed by atoms with Gasteiger partial charge in [-0.1, -0.05) is 43.6 Å². The van der Waals surface area contributed by atoms with Gasteiger partial charge >= 0.3 is 0 Å². The molecule has 2 N–H and O–H groups in total. The number of hydrogen-bond acceptors (Lipinski definition) is 4. The van der Waals surface area contributed by atoms with Crippen LogP contribution in [0.2, 0.25) is 5.02 Å². The Balaban J connectivity index is 2.40. The topological polar surface area (TPSA) is 68.2 Å². The van der Waals surface area contributed by atoms with Gasteiger partial charge in [0.2, 0.25) is 0 Å². The molecule has 1 rings (SSSR count). The van der Waals surface area contributed by atoms with E-state index in [1.807, 2.05) is 24.3 Å². The molecule has 5 nitrogen and oxygen atoms in total. The summed E-state index contributed by atoms with van der Waals surface area (Å²) in [4.78, 5) is 14.4. The molecule has 0 spiro atoms. The van der Waals surface area contributed by atoms with Gasteiger partial charge in [-0.3, -0.25) is 4.79 Å². The van der Waals surface area contributed by atoms with Gasteiger partial charge in [-0.15, -0.1) is 0 Å². The van der Waals surface area contributed by atoms with Gasteiger partial charge in [-0.25, -0.2) is 0 Å². The largest absolute Gasteiger partial charge is 0.390 e. The lowest BCUT2D eigenvalue weighted by Gasteiger charge is -2.17. The van der Waals surface area contributed by atoms with E-state index in [0.29, 0.717) is 11.6 Å². The molecule has 1 aromatic rings. The minimum atomic E-state index is -0.409. The van der Waals surface area contributed by atoms with E-state index in [1.165, 1.54) is 6.20 Å². The van der Waals surface area contributed by atoms with Gasteiger partial charge in [0.1, 0.15) is 11.6 Å². The number of hydrogen-bond donors (Lipinski definition) is 2. The molecule has 1 aromatic carbocycles. The van der Waals surface area contributed by atoms with Crippen molar-refractivity contribution in [3.05, 3.63) is 46.6 Å². The van der Waals surface area contributed by atoms with Gasteiger partial charge in [0.25, 0.3) is 5.91 Å². The van der Waals surface area contributed by atoms with Crippen molar-refractivity contribution in [1.82, 2.24) is 15.5 Å². The summed E-state index contributed by atoms with van der Waals surface area (Å²) in [5.41, 5.74) is 0.877. The smallest absolute Gasteiger partial charge is 0.263 e. The number of nitrogens with one attached hydrogen (secondary N) is 2. The molecular weight excluding hydrogens is 324 g/mol. The van der Waals surface area contributed by atoms with Crippen molar-refractivity contribution >= 4 is 17.5 Å². The Labute approximate surface area is 149 Å². The van der Waals surface area contributed by atoms with Crippen LogP contribution in [0.25, 0.3) is 0 Å². The van der Waals surface area contributed by atoms with Gasteiger partial charge in [0.15, 0.2) is 0 Å². The zero-order valence-electron chi connectivity index (χ0n) is 14.3. The number of nitrogens with zero attached hydrogens (tertiary/aromatic N) is 2. The molecule has 1 amide bonds. The van der Waals surface area contributed by atoms with Gasteiger partial charge < -0.3 is 15.5 Å². The SMILES string of the molecule is CCN(CC)CCCN/C=C(/C#N)C(=O)NCc1ccccc1Cl. The van der Waals surface area contributed by atoms with E-state index in [2.05, 4.69) is 29.4 Å². The predicted molar refractivity (Wildman–Crippen MR) is 97.4 cm³/mol. The summed E-state index contributed by atoms with van der Waals surface area (Å²) in [6.07, 6.45) is 2.43. The fourth-order valence-electron chi connectivity index (χ4n) is 2.18. The highest BCUT2D eigenvalue weighted by Gasteiger charge is 2.09. The highest BCUT2D eigenvalue weighted by atomic mass is 35.5.